The first-order valence-corrected chi connectivity index (χ1v) is 3.14. The minimum atomic E-state index is 0.0911. The van der Waals surface area contributed by atoms with Crippen LogP contribution in [0.1, 0.15) is 12.8 Å². The average molecular weight is 143 g/mol. The SMILES string of the molecule is C=CCC(C/C=N\O)OC. The summed E-state index contributed by atoms with van der Waals surface area (Å²) in [5, 5.41) is 10.9. The van der Waals surface area contributed by atoms with E-state index < -0.39 is 0 Å². The zero-order chi connectivity index (χ0) is 7.82. The summed E-state index contributed by atoms with van der Waals surface area (Å²) in [5.74, 6) is 0. The zero-order valence-corrected chi connectivity index (χ0v) is 6.16. The quantitative estimate of drug-likeness (QED) is 0.274. The molecule has 0 amide bonds. The van der Waals surface area contributed by atoms with Crippen molar-refractivity contribution in [3.05, 3.63) is 12.7 Å². The fraction of sp³-hybridized carbons (Fsp3) is 0.571. The second-order valence-corrected chi connectivity index (χ2v) is 1.92. The molecule has 0 aliphatic heterocycles. The Balaban J connectivity index is 3.48. The summed E-state index contributed by atoms with van der Waals surface area (Å²) >= 11 is 0. The van der Waals surface area contributed by atoms with Crippen LogP contribution in [0.15, 0.2) is 17.8 Å². The van der Waals surface area contributed by atoms with Crippen LogP contribution in [0.25, 0.3) is 0 Å². The number of hydrogen-bond acceptors (Lipinski definition) is 3. The molecular weight excluding hydrogens is 130 g/mol. The predicted octanol–water partition coefficient (Wildman–Crippen LogP) is 1.43. The molecule has 1 unspecified atom stereocenters. The lowest BCUT2D eigenvalue weighted by Crippen LogP contribution is -2.09. The zero-order valence-electron chi connectivity index (χ0n) is 6.16. The predicted molar refractivity (Wildman–Crippen MR) is 40.5 cm³/mol. The highest BCUT2D eigenvalue weighted by Gasteiger charge is 2.01. The van der Waals surface area contributed by atoms with E-state index in [0.29, 0.717) is 6.42 Å². The number of hydrogen-bond donors (Lipinski definition) is 1. The van der Waals surface area contributed by atoms with Gasteiger partial charge in [0.05, 0.1) is 6.10 Å². The lowest BCUT2D eigenvalue weighted by atomic mass is 10.2. The van der Waals surface area contributed by atoms with Gasteiger partial charge >= 0.3 is 0 Å². The topological polar surface area (TPSA) is 41.8 Å². The Bertz CT molecular complexity index is 112. The molecular formula is C7H13NO2. The summed E-state index contributed by atoms with van der Waals surface area (Å²) in [6, 6.07) is 0. The molecule has 3 nitrogen and oxygen atoms in total. The van der Waals surface area contributed by atoms with Crippen molar-refractivity contribution in [2.45, 2.75) is 18.9 Å². The lowest BCUT2D eigenvalue weighted by molar-refractivity contribution is 0.111. The highest BCUT2D eigenvalue weighted by Crippen LogP contribution is 2.00. The van der Waals surface area contributed by atoms with Crippen LogP contribution >= 0.6 is 0 Å². The molecule has 0 saturated carbocycles. The Morgan fingerprint density at radius 3 is 2.80 bits per heavy atom. The number of ether oxygens (including phenoxy) is 1. The van der Waals surface area contributed by atoms with Gasteiger partial charge in [0.15, 0.2) is 0 Å². The third-order valence-corrected chi connectivity index (χ3v) is 1.21. The van der Waals surface area contributed by atoms with E-state index in [0.717, 1.165) is 6.42 Å². The molecule has 10 heavy (non-hydrogen) atoms. The summed E-state index contributed by atoms with van der Waals surface area (Å²) in [4.78, 5) is 0. The summed E-state index contributed by atoms with van der Waals surface area (Å²) in [7, 11) is 1.62. The van der Waals surface area contributed by atoms with Gasteiger partial charge in [-0.15, -0.1) is 11.7 Å². The molecule has 1 N–H and O–H groups in total. The third-order valence-electron chi connectivity index (χ3n) is 1.21. The van der Waals surface area contributed by atoms with Gasteiger partial charge in [-0.2, -0.15) is 0 Å². The normalized spacial score (nSPS) is 13.7. The highest BCUT2D eigenvalue weighted by atomic mass is 16.5. The van der Waals surface area contributed by atoms with Gasteiger partial charge in [-0.3, -0.25) is 0 Å². The molecule has 1 atom stereocenters. The third kappa shape index (κ3) is 4.09. The maximum atomic E-state index is 8.07. The Morgan fingerprint density at radius 1 is 1.70 bits per heavy atom. The van der Waals surface area contributed by atoms with Crippen molar-refractivity contribution in [1.29, 1.82) is 0 Å². The van der Waals surface area contributed by atoms with Gasteiger partial charge in [-0.05, 0) is 6.42 Å². The second kappa shape index (κ2) is 6.29. The Labute approximate surface area is 61.0 Å². The van der Waals surface area contributed by atoms with E-state index in [9.17, 15) is 0 Å². The summed E-state index contributed by atoms with van der Waals surface area (Å²) < 4.78 is 5.02. The van der Waals surface area contributed by atoms with Crippen molar-refractivity contribution in [2.24, 2.45) is 5.16 Å². The van der Waals surface area contributed by atoms with Crippen molar-refractivity contribution in [3.63, 3.8) is 0 Å². The molecule has 0 saturated heterocycles. The molecule has 0 aliphatic rings. The van der Waals surface area contributed by atoms with Gasteiger partial charge in [0.2, 0.25) is 0 Å². The minimum absolute atomic E-state index is 0.0911. The van der Waals surface area contributed by atoms with Crippen LogP contribution in [-0.4, -0.2) is 24.6 Å². The van der Waals surface area contributed by atoms with Gasteiger partial charge < -0.3 is 9.94 Å². The van der Waals surface area contributed by atoms with Crippen molar-refractivity contribution in [3.8, 4) is 0 Å². The van der Waals surface area contributed by atoms with Gasteiger partial charge in [0, 0.05) is 19.7 Å². The first kappa shape index (κ1) is 9.17. The molecule has 0 spiro atoms. The van der Waals surface area contributed by atoms with Crippen LogP contribution < -0.4 is 0 Å². The number of oxime groups is 1. The molecule has 3 heteroatoms. The molecule has 0 aromatic carbocycles. The summed E-state index contributed by atoms with van der Waals surface area (Å²) in [6.07, 6.45) is 4.69. The van der Waals surface area contributed by atoms with Crippen LogP contribution in [-0.2, 0) is 4.74 Å². The van der Waals surface area contributed by atoms with Crippen molar-refractivity contribution in [1.82, 2.24) is 0 Å². The smallest absolute Gasteiger partial charge is 0.0656 e. The molecule has 0 rings (SSSR count). The Kier molecular flexibility index (Phi) is 5.77. The molecule has 0 aromatic rings. The van der Waals surface area contributed by atoms with Gasteiger partial charge in [0.25, 0.3) is 0 Å². The Morgan fingerprint density at radius 2 is 2.40 bits per heavy atom. The van der Waals surface area contributed by atoms with E-state index in [4.69, 9.17) is 9.94 Å². The first-order chi connectivity index (χ1) is 4.85. The number of rotatable bonds is 5. The summed E-state index contributed by atoms with van der Waals surface area (Å²) in [5.41, 5.74) is 0. The molecule has 0 radical (unpaired) electrons. The molecule has 58 valence electrons. The van der Waals surface area contributed by atoms with Crippen molar-refractivity contribution < 1.29 is 9.94 Å². The van der Waals surface area contributed by atoms with Crippen molar-refractivity contribution >= 4 is 6.21 Å². The van der Waals surface area contributed by atoms with Crippen LogP contribution in [0.3, 0.4) is 0 Å². The van der Waals surface area contributed by atoms with Crippen LogP contribution in [0.5, 0.6) is 0 Å². The van der Waals surface area contributed by atoms with Crippen molar-refractivity contribution in [2.75, 3.05) is 7.11 Å². The van der Waals surface area contributed by atoms with Gasteiger partial charge in [-0.25, -0.2) is 0 Å². The molecule has 0 aromatic heterocycles. The van der Waals surface area contributed by atoms with Crippen LogP contribution in [0, 0.1) is 0 Å². The second-order valence-electron chi connectivity index (χ2n) is 1.92. The highest BCUT2D eigenvalue weighted by molar-refractivity contribution is 5.56. The van der Waals surface area contributed by atoms with Gasteiger partial charge in [-0.1, -0.05) is 6.08 Å². The molecule has 0 bridgehead atoms. The van der Waals surface area contributed by atoms with E-state index in [1.807, 2.05) is 0 Å². The van der Waals surface area contributed by atoms with E-state index in [-0.39, 0.29) is 6.10 Å². The lowest BCUT2D eigenvalue weighted by Gasteiger charge is -2.08. The van der Waals surface area contributed by atoms with E-state index in [2.05, 4.69) is 11.7 Å². The minimum Gasteiger partial charge on any atom is -0.411 e. The first-order valence-electron chi connectivity index (χ1n) is 3.14. The fourth-order valence-corrected chi connectivity index (χ4v) is 0.639. The largest absolute Gasteiger partial charge is 0.411 e. The maximum Gasteiger partial charge on any atom is 0.0656 e. The van der Waals surface area contributed by atoms with E-state index in [1.165, 1.54) is 6.21 Å². The molecule has 0 aliphatic carbocycles. The Hall–Kier alpha value is -0.830. The maximum absolute atomic E-state index is 8.07. The number of nitrogens with zero attached hydrogens (tertiary/aromatic N) is 1. The van der Waals surface area contributed by atoms with E-state index >= 15 is 0 Å². The molecule has 0 heterocycles. The number of methoxy groups -OCH3 is 1. The monoisotopic (exact) mass is 143 g/mol. The van der Waals surface area contributed by atoms with Crippen LogP contribution in [0.2, 0.25) is 0 Å². The summed E-state index contributed by atoms with van der Waals surface area (Å²) in [6.45, 7) is 3.57. The molecule has 0 fully saturated rings. The standard InChI is InChI=1S/C7H13NO2/c1-3-4-7(10-2)5-6-8-9/h3,6-7,9H,1,4-5H2,2H3/b8-6-. The van der Waals surface area contributed by atoms with Gasteiger partial charge in [0.1, 0.15) is 0 Å². The average Bonchev–Trinajstić information content (AvgIpc) is 1.98. The van der Waals surface area contributed by atoms with E-state index in [1.54, 1.807) is 13.2 Å². The van der Waals surface area contributed by atoms with Crippen LogP contribution in [0.4, 0.5) is 0 Å². The fourth-order valence-electron chi connectivity index (χ4n) is 0.639.